The van der Waals surface area contributed by atoms with E-state index in [1.165, 1.54) is 6.07 Å². The summed E-state index contributed by atoms with van der Waals surface area (Å²) in [6.45, 7) is 7.00. The van der Waals surface area contributed by atoms with Crippen LogP contribution in [0.3, 0.4) is 0 Å². The van der Waals surface area contributed by atoms with Crippen molar-refractivity contribution in [2.24, 2.45) is 0 Å². The number of halogens is 3. The highest BCUT2D eigenvalue weighted by Gasteiger charge is 2.31. The smallest absolute Gasteiger partial charge is 0.238 e. The molecule has 0 N–H and O–H groups in total. The van der Waals surface area contributed by atoms with Crippen LogP contribution in [0, 0.1) is 6.57 Å². The average Bonchev–Trinajstić information content (AvgIpc) is 2.38. The van der Waals surface area contributed by atoms with Gasteiger partial charge in [0, 0.05) is 0 Å². The molecule has 0 saturated carbocycles. The third kappa shape index (κ3) is 2.35. The molecule has 4 heteroatoms. The summed E-state index contributed by atoms with van der Waals surface area (Å²) in [5.74, 6) is 0. The van der Waals surface area contributed by atoms with Crippen molar-refractivity contribution in [3.8, 4) is 11.1 Å². The average molecular weight is 247 g/mol. The quantitative estimate of drug-likeness (QED) is 0.630. The standard InChI is InChI=1S/C14H8F3N/c1-18-13-8-7-11(14(15,16)17)9-12(13)10-5-3-2-4-6-10/h2-9H. The summed E-state index contributed by atoms with van der Waals surface area (Å²) in [5.41, 5.74) is 0.387. The monoisotopic (exact) mass is 247 g/mol. The number of hydrogen-bond donors (Lipinski definition) is 0. The molecular formula is C14H8F3N. The van der Waals surface area contributed by atoms with E-state index >= 15 is 0 Å². The summed E-state index contributed by atoms with van der Waals surface area (Å²) >= 11 is 0. The van der Waals surface area contributed by atoms with Crippen LogP contribution in [0.5, 0.6) is 0 Å². The lowest BCUT2D eigenvalue weighted by molar-refractivity contribution is -0.137. The first-order valence-corrected chi connectivity index (χ1v) is 5.16. The third-order valence-electron chi connectivity index (χ3n) is 2.53. The van der Waals surface area contributed by atoms with Crippen LogP contribution in [0.2, 0.25) is 0 Å². The molecule has 18 heavy (non-hydrogen) atoms. The summed E-state index contributed by atoms with van der Waals surface area (Å²) in [6, 6.07) is 11.7. The second-order valence-corrected chi connectivity index (χ2v) is 3.71. The SMILES string of the molecule is [C-]#[N+]c1ccc(C(F)(F)F)cc1-c1ccccc1. The van der Waals surface area contributed by atoms with Gasteiger partial charge in [-0.25, -0.2) is 4.85 Å². The first-order valence-electron chi connectivity index (χ1n) is 5.16. The molecule has 0 aliphatic heterocycles. The molecule has 0 bridgehead atoms. The van der Waals surface area contributed by atoms with Crippen LogP contribution in [0.25, 0.3) is 16.0 Å². The lowest BCUT2D eigenvalue weighted by atomic mass is 10.0. The van der Waals surface area contributed by atoms with E-state index in [0.29, 0.717) is 11.1 Å². The molecule has 90 valence electrons. The van der Waals surface area contributed by atoms with E-state index in [0.717, 1.165) is 12.1 Å². The van der Waals surface area contributed by atoms with Crippen LogP contribution in [-0.2, 0) is 6.18 Å². The number of hydrogen-bond acceptors (Lipinski definition) is 0. The Hall–Kier alpha value is -2.28. The van der Waals surface area contributed by atoms with E-state index in [2.05, 4.69) is 4.85 Å². The highest BCUT2D eigenvalue weighted by Crippen LogP contribution is 2.37. The molecule has 0 spiro atoms. The Morgan fingerprint density at radius 2 is 1.61 bits per heavy atom. The molecule has 0 radical (unpaired) electrons. The second-order valence-electron chi connectivity index (χ2n) is 3.71. The largest absolute Gasteiger partial charge is 0.416 e. The van der Waals surface area contributed by atoms with Gasteiger partial charge in [-0.3, -0.25) is 0 Å². The molecule has 2 aromatic rings. The second kappa shape index (κ2) is 4.53. The Bertz CT molecular complexity index is 595. The van der Waals surface area contributed by atoms with E-state index in [4.69, 9.17) is 6.57 Å². The Morgan fingerprint density at radius 3 is 2.17 bits per heavy atom. The van der Waals surface area contributed by atoms with Gasteiger partial charge in [0.25, 0.3) is 0 Å². The first-order chi connectivity index (χ1) is 8.52. The third-order valence-corrected chi connectivity index (χ3v) is 2.53. The molecular weight excluding hydrogens is 239 g/mol. The van der Waals surface area contributed by atoms with Gasteiger partial charge in [-0.1, -0.05) is 48.5 Å². The van der Waals surface area contributed by atoms with Crippen LogP contribution in [0.1, 0.15) is 5.56 Å². The van der Waals surface area contributed by atoms with Crippen LogP contribution in [0.15, 0.2) is 48.5 Å². The maximum Gasteiger partial charge on any atom is 0.416 e. The van der Waals surface area contributed by atoms with Crippen molar-refractivity contribution in [3.05, 3.63) is 65.5 Å². The Morgan fingerprint density at radius 1 is 0.944 bits per heavy atom. The maximum absolute atomic E-state index is 12.6. The first kappa shape index (κ1) is 12.2. The fraction of sp³-hybridized carbons (Fsp3) is 0.0714. The summed E-state index contributed by atoms with van der Waals surface area (Å²) in [5, 5.41) is 0. The molecule has 0 unspecified atom stereocenters. The van der Waals surface area contributed by atoms with Crippen molar-refractivity contribution < 1.29 is 13.2 Å². The van der Waals surface area contributed by atoms with Crippen molar-refractivity contribution in [2.75, 3.05) is 0 Å². The zero-order valence-corrected chi connectivity index (χ0v) is 9.20. The molecule has 2 rings (SSSR count). The maximum atomic E-state index is 12.6. The Balaban J connectivity index is 2.62. The highest BCUT2D eigenvalue weighted by atomic mass is 19.4. The van der Waals surface area contributed by atoms with Gasteiger partial charge in [-0.05, 0) is 11.1 Å². The molecule has 1 nitrogen and oxygen atoms in total. The molecule has 0 saturated heterocycles. The zero-order chi connectivity index (χ0) is 13.2. The highest BCUT2D eigenvalue weighted by molar-refractivity contribution is 5.79. The van der Waals surface area contributed by atoms with Crippen LogP contribution >= 0.6 is 0 Å². The van der Waals surface area contributed by atoms with Gasteiger partial charge in [0.1, 0.15) is 0 Å². The predicted octanol–water partition coefficient (Wildman–Crippen LogP) is 4.92. The number of rotatable bonds is 1. The van der Waals surface area contributed by atoms with E-state index in [9.17, 15) is 13.2 Å². The number of alkyl halides is 3. The van der Waals surface area contributed by atoms with E-state index in [1.807, 2.05) is 0 Å². The topological polar surface area (TPSA) is 4.36 Å². The normalized spacial score (nSPS) is 11.0. The number of nitrogens with zero attached hydrogens (tertiary/aromatic N) is 1. The molecule has 0 atom stereocenters. The molecule has 0 amide bonds. The van der Waals surface area contributed by atoms with Gasteiger partial charge >= 0.3 is 6.18 Å². The van der Waals surface area contributed by atoms with Gasteiger partial charge in [0.2, 0.25) is 0 Å². The van der Waals surface area contributed by atoms with E-state index < -0.39 is 11.7 Å². The van der Waals surface area contributed by atoms with Gasteiger partial charge in [-0.15, -0.1) is 0 Å². The fourth-order valence-corrected chi connectivity index (χ4v) is 1.66. The zero-order valence-electron chi connectivity index (χ0n) is 9.20. The fourth-order valence-electron chi connectivity index (χ4n) is 1.66. The molecule has 0 aromatic heterocycles. The van der Waals surface area contributed by atoms with Gasteiger partial charge in [-0.2, -0.15) is 13.2 Å². The number of benzene rings is 2. The minimum atomic E-state index is -4.40. The van der Waals surface area contributed by atoms with Crippen LogP contribution in [-0.4, -0.2) is 0 Å². The van der Waals surface area contributed by atoms with Gasteiger partial charge in [0.05, 0.1) is 12.1 Å². The minimum Gasteiger partial charge on any atom is -0.238 e. The molecule has 0 heterocycles. The van der Waals surface area contributed by atoms with Crippen molar-refractivity contribution in [1.29, 1.82) is 0 Å². The van der Waals surface area contributed by atoms with E-state index in [1.54, 1.807) is 30.3 Å². The van der Waals surface area contributed by atoms with Crippen molar-refractivity contribution in [3.63, 3.8) is 0 Å². The molecule has 0 aliphatic rings. The van der Waals surface area contributed by atoms with Crippen molar-refractivity contribution in [2.45, 2.75) is 6.18 Å². The molecule has 0 aliphatic carbocycles. The lowest BCUT2D eigenvalue weighted by Gasteiger charge is -2.10. The molecule has 2 aromatic carbocycles. The molecule has 0 fully saturated rings. The summed E-state index contributed by atoms with van der Waals surface area (Å²) in [4.78, 5) is 3.25. The minimum absolute atomic E-state index is 0.217. The predicted molar refractivity (Wildman–Crippen MR) is 63.1 cm³/mol. The van der Waals surface area contributed by atoms with E-state index in [-0.39, 0.29) is 5.69 Å². The van der Waals surface area contributed by atoms with Gasteiger partial charge in [0.15, 0.2) is 5.69 Å². The Labute approximate surface area is 102 Å². The summed E-state index contributed by atoms with van der Waals surface area (Å²) < 4.78 is 37.9. The lowest BCUT2D eigenvalue weighted by Crippen LogP contribution is -2.04. The Kier molecular flexibility index (Phi) is 3.07. The van der Waals surface area contributed by atoms with Crippen LogP contribution < -0.4 is 0 Å². The van der Waals surface area contributed by atoms with Crippen molar-refractivity contribution >= 4 is 5.69 Å². The van der Waals surface area contributed by atoms with Crippen LogP contribution in [0.4, 0.5) is 18.9 Å². The summed E-state index contributed by atoms with van der Waals surface area (Å²) in [6.07, 6.45) is -4.40. The van der Waals surface area contributed by atoms with Crippen molar-refractivity contribution in [1.82, 2.24) is 0 Å². The van der Waals surface area contributed by atoms with Gasteiger partial charge < -0.3 is 0 Å². The summed E-state index contributed by atoms with van der Waals surface area (Å²) in [7, 11) is 0.